The van der Waals surface area contributed by atoms with E-state index < -0.39 is 0 Å². The summed E-state index contributed by atoms with van der Waals surface area (Å²) in [6.45, 7) is 0.503. The summed E-state index contributed by atoms with van der Waals surface area (Å²) in [4.78, 5) is 18.7. The normalized spacial score (nSPS) is 17.6. The molecule has 1 saturated heterocycles. The molecule has 0 amide bonds. The Hall–Kier alpha value is -0.810. The Morgan fingerprint density at radius 3 is 2.94 bits per heavy atom. The average molecular weight is 239 g/mol. The summed E-state index contributed by atoms with van der Waals surface area (Å²) >= 11 is 1.98. The number of hydrogen-bond acceptors (Lipinski definition) is 4. The van der Waals surface area contributed by atoms with E-state index in [1.54, 1.807) is 0 Å². The quantitative estimate of drug-likeness (QED) is 0.821. The van der Waals surface area contributed by atoms with E-state index in [9.17, 15) is 4.79 Å². The molecule has 1 fully saturated rings. The Labute approximate surface area is 99.0 Å². The first kappa shape index (κ1) is 11.7. The molecular formula is C11H17N3OS. The molecule has 0 atom stereocenters. The van der Waals surface area contributed by atoms with Crippen LogP contribution >= 0.6 is 11.8 Å². The Morgan fingerprint density at radius 2 is 2.25 bits per heavy atom. The second-order valence-corrected chi connectivity index (χ2v) is 5.25. The maximum Gasteiger partial charge on any atom is 0.254 e. The maximum absolute atomic E-state index is 11.7. The van der Waals surface area contributed by atoms with Gasteiger partial charge in [-0.05, 0) is 37.3 Å². The molecule has 0 radical (unpaired) electrons. The summed E-state index contributed by atoms with van der Waals surface area (Å²) in [5, 5.41) is 0. The van der Waals surface area contributed by atoms with Crippen LogP contribution in [0.2, 0.25) is 0 Å². The summed E-state index contributed by atoms with van der Waals surface area (Å²) in [6, 6.07) is 0. The molecule has 0 bridgehead atoms. The van der Waals surface area contributed by atoms with Gasteiger partial charge in [-0.1, -0.05) is 0 Å². The molecule has 3 N–H and O–H groups in total. The van der Waals surface area contributed by atoms with Gasteiger partial charge < -0.3 is 10.7 Å². The lowest BCUT2D eigenvalue weighted by Gasteiger charge is -2.22. The monoisotopic (exact) mass is 239 g/mol. The largest absolute Gasteiger partial charge is 0.330 e. The average Bonchev–Trinajstić information content (AvgIpc) is 2.33. The third-order valence-corrected chi connectivity index (χ3v) is 4.03. The van der Waals surface area contributed by atoms with Crippen molar-refractivity contribution in [2.45, 2.75) is 25.2 Å². The second-order valence-electron chi connectivity index (χ2n) is 4.02. The number of aromatic amines is 1. The van der Waals surface area contributed by atoms with Crippen molar-refractivity contribution in [3.05, 3.63) is 27.9 Å². The number of nitrogens with one attached hydrogen (secondary N) is 1. The molecule has 88 valence electrons. The third kappa shape index (κ3) is 2.47. The lowest BCUT2D eigenvalue weighted by atomic mass is 9.94. The fourth-order valence-electron chi connectivity index (χ4n) is 2.15. The molecule has 1 aliphatic rings. The SMILES string of the molecule is NCCc1c(C2CCSCC2)nc[nH]c1=O. The topological polar surface area (TPSA) is 71.8 Å². The van der Waals surface area contributed by atoms with Gasteiger partial charge in [0, 0.05) is 11.5 Å². The molecular weight excluding hydrogens is 222 g/mol. The van der Waals surface area contributed by atoms with Crippen molar-refractivity contribution in [3.63, 3.8) is 0 Å². The summed E-state index contributed by atoms with van der Waals surface area (Å²) < 4.78 is 0. The highest BCUT2D eigenvalue weighted by molar-refractivity contribution is 7.99. The van der Waals surface area contributed by atoms with E-state index in [0.717, 1.165) is 24.1 Å². The van der Waals surface area contributed by atoms with Crippen LogP contribution in [0.1, 0.15) is 30.0 Å². The highest BCUT2D eigenvalue weighted by Gasteiger charge is 2.21. The number of aromatic nitrogens is 2. The van der Waals surface area contributed by atoms with Crippen molar-refractivity contribution in [3.8, 4) is 0 Å². The highest BCUT2D eigenvalue weighted by Crippen LogP contribution is 2.31. The molecule has 1 aromatic heterocycles. The van der Waals surface area contributed by atoms with Crippen LogP contribution in [-0.4, -0.2) is 28.0 Å². The number of rotatable bonds is 3. The van der Waals surface area contributed by atoms with Gasteiger partial charge in [0.25, 0.3) is 5.56 Å². The molecule has 0 aliphatic carbocycles. The minimum atomic E-state index is -0.0197. The van der Waals surface area contributed by atoms with Crippen molar-refractivity contribution < 1.29 is 0 Å². The molecule has 0 saturated carbocycles. The summed E-state index contributed by atoms with van der Waals surface area (Å²) in [5.41, 5.74) is 7.30. The van der Waals surface area contributed by atoms with Gasteiger partial charge in [-0.3, -0.25) is 4.79 Å². The predicted molar refractivity (Wildman–Crippen MR) is 66.9 cm³/mol. The summed E-state index contributed by atoms with van der Waals surface area (Å²) in [6.07, 6.45) is 4.39. The van der Waals surface area contributed by atoms with Crippen molar-refractivity contribution in [1.82, 2.24) is 9.97 Å². The molecule has 5 heteroatoms. The second kappa shape index (κ2) is 5.50. The molecule has 0 aromatic carbocycles. The van der Waals surface area contributed by atoms with Crippen molar-refractivity contribution in [2.75, 3.05) is 18.1 Å². The van der Waals surface area contributed by atoms with Crippen LogP contribution in [-0.2, 0) is 6.42 Å². The first-order valence-corrected chi connectivity index (χ1v) is 6.82. The van der Waals surface area contributed by atoms with Crippen LogP contribution in [0, 0.1) is 0 Å². The summed E-state index contributed by atoms with van der Waals surface area (Å²) in [7, 11) is 0. The standard InChI is InChI=1S/C11H17N3OS/c12-4-1-9-10(13-7-14-11(9)15)8-2-5-16-6-3-8/h7-8H,1-6,12H2,(H,13,14,15). The van der Waals surface area contributed by atoms with E-state index in [0.29, 0.717) is 18.9 Å². The minimum absolute atomic E-state index is 0.0197. The molecule has 2 rings (SSSR count). The van der Waals surface area contributed by atoms with Gasteiger partial charge >= 0.3 is 0 Å². The van der Waals surface area contributed by atoms with Gasteiger partial charge in [0.15, 0.2) is 0 Å². The van der Waals surface area contributed by atoms with Crippen LogP contribution in [0.5, 0.6) is 0 Å². The molecule has 4 nitrogen and oxygen atoms in total. The molecule has 1 aliphatic heterocycles. The zero-order valence-corrected chi connectivity index (χ0v) is 10.1. The van der Waals surface area contributed by atoms with Gasteiger partial charge in [0.05, 0.1) is 12.0 Å². The molecule has 0 unspecified atom stereocenters. The number of thioether (sulfide) groups is 1. The van der Waals surface area contributed by atoms with Crippen LogP contribution in [0.3, 0.4) is 0 Å². The van der Waals surface area contributed by atoms with Gasteiger partial charge in [0.1, 0.15) is 0 Å². The van der Waals surface area contributed by atoms with Gasteiger partial charge in [-0.25, -0.2) is 4.98 Å². The van der Waals surface area contributed by atoms with Gasteiger partial charge in [0.2, 0.25) is 0 Å². The first-order chi connectivity index (χ1) is 7.83. The van der Waals surface area contributed by atoms with E-state index in [4.69, 9.17) is 5.73 Å². The van der Waals surface area contributed by atoms with Crippen LogP contribution in [0.4, 0.5) is 0 Å². The lowest BCUT2D eigenvalue weighted by molar-refractivity contribution is 0.606. The number of nitrogens with zero attached hydrogens (tertiary/aromatic N) is 1. The smallest absolute Gasteiger partial charge is 0.254 e. The maximum atomic E-state index is 11.7. The van der Waals surface area contributed by atoms with E-state index in [-0.39, 0.29) is 5.56 Å². The van der Waals surface area contributed by atoms with E-state index in [1.807, 2.05) is 11.8 Å². The van der Waals surface area contributed by atoms with Crippen molar-refractivity contribution in [1.29, 1.82) is 0 Å². The number of hydrogen-bond donors (Lipinski definition) is 2. The summed E-state index contributed by atoms with van der Waals surface area (Å²) in [5.74, 6) is 2.78. The van der Waals surface area contributed by atoms with Crippen molar-refractivity contribution >= 4 is 11.8 Å². The molecule has 2 heterocycles. The lowest BCUT2D eigenvalue weighted by Crippen LogP contribution is -2.23. The van der Waals surface area contributed by atoms with Crippen molar-refractivity contribution in [2.24, 2.45) is 5.73 Å². The first-order valence-electron chi connectivity index (χ1n) is 5.67. The number of H-pyrrole nitrogens is 1. The molecule has 0 spiro atoms. The fourth-order valence-corrected chi connectivity index (χ4v) is 3.26. The van der Waals surface area contributed by atoms with Crippen LogP contribution in [0.15, 0.2) is 11.1 Å². The van der Waals surface area contributed by atoms with E-state index >= 15 is 0 Å². The third-order valence-electron chi connectivity index (χ3n) is 2.98. The fraction of sp³-hybridized carbons (Fsp3) is 0.636. The predicted octanol–water partition coefficient (Wildman–Crippen LogP) is 0.882. The van der Waals surface area contributed by atoms with E-state index in [2.05, 4.69) is 9.97 Å². The Bertz CT molecular complexity index is 398. The zero-order valence-electron chi connectivity index (χ0n) is 9.24. The molecule has 16 heavy (non-hydrogen) atoms. The highest BCUT2D eigenvalue weighted by atomic mass is 32.2. The zero-order chi connectivity index (χ0) is 11.4. The molecule has 1 aromatic rings. The van der Waals surface area contributed by atoms with Gasteiger partial charge in [-0.2, -0.15) is 11.8 Å². The Morgan fingerprint density at radius 1 is 1.50 bits per heavy atom. The van der Waals surface area contributed by atoms with Gasteiger partial charge in [-0.15, -0.1) is 0 Å². The Balaban J connectivity index is 2.30. The van der Waals surface area contributed by atoms with E-state index in [1.165, 1.54) is 17.8 Å². The van der Waals surface area contributed by atoms with Crippen LogP contribution < -0.4 is 11.3 Å². The Kier molecular flexibility index (Phi) is 4.01. The minimum Gasteiger partial charge on any atom is -0.330 e. The van der Waals surface area contributed by atoms with Crippen LogP contribution in [0.25, 0.3) is 0 Å². The number of nitrogens with two attached hydrogens (primary N) is 1.